The molecule has 2 aromatic carbocycles. The van der Waals surface area contributed by atoms with E-state index in [9.17, 15) is 4.79 Å². The lowest BCUT2D eigenvalue weighted by Gasteiger charge is -2.11. The SMILES string of the molecule is CC.CCCc1cc(-c2cc(C(C)=O)ccc2Cl)ccc1C. The van der Waals surface area contributed by atoms with Crippen molar-refractivity contribution < 1.29 is 4.79 Å². The predicted molar refractivity (Wildman–Crippen MR) is 97.0 cm³/mol. The largest absolute Gasteiger partial charge is 0.295 e. The molecule has 2 rings (SSSR count). The van der Waals surface area contributed by atoms with Crippen LogP contribution in [0.5, 0.6) is 0 Å². The van der Waals surface area contributed by atoms with Gasteiger partial charge in [0.15, 0.2) is 5.78 Å². The van der Waals surface area contributed by atoms with E-state index in [0.29, 0.717) is 10.6 Å². The molecule has 0 radical (unpaired) electrons. The minimum atomic E-state index is 0.0591. The smallest absolute Gasteiger partial charge is 0.159 e. The molecule has 1 nitrogen and oxygen atoms in total. The van der Waals surface area contributed by atoms with Crippen molar-refractivity contribution in [3.63, 3.8) is 0 Å². The molecular formula is C20H25ClO. The van der Waals surface area contributed by atoms with Crippen LogP contribution in [0.15, 0.2) is 36.4 Å². The fourth-order valence-electron chi connectivity index (χ4n) is 2.34. The molecule has 0 bridgehead atoms. The maximum Gasteiger partial charge on any atom is 0.159 e. The molecule has 0 unspecified atom stereocenters. The molecule has 2 aromatic rings. The summed E-state index contributed by atoms with van der Waals surface area (Å²) in [5.74, 6) is 0.0591. The standard InChI is InChI=1S/C18H19ClO.C2H6/c1-4-5-14-10-16(7-6-12(14)2)17-11-15(13(3)20)8-9-18(17)19;1-2/h6-11H,4-5H2,1-3H3;1-2H3. The maximum atomic E-state index is 11.5. The number of halogens is 1. The van der Waals surface area contributed by atoms with E-state index in [4.69, 9.17) is 11.6 Å². The molecule has 118 valence electrons. The summed E-state index contributed by atoms with van der Waals surface area (Å²) in [5, 5.41) is 0.682. The van der Waals surface area contributed by atoms with E-state index in [1.807, 2.05) is 19.9 Å². The second kappa shape index (κ2) is 8.75. The Morgan fingerprint density at radius 3 is 2.36 bits per heavy atom. The van der Waals surface area contributed by atoms with Gasteiger partial charge in [0, 0.05) is 16.1 Å². The number of benzene rings is 2. The van der Waals surface area contributed by atoms with Gasteiger partial charge in [0.1, 0.15) is 0 Å². The van der Waals surface area contributed by atoms with E-state index in [1.165, 1.54) is 11.1 Å². The van der Waals surface area contributed by atoms with Crippen molar-refractivity contribution in [2.75, 3.05) is 0 Å². The molecule has 0 N–H and O–H groups in total. The summed E-state index contributed by atoms with van der Waals surface area (Å²) in [6.07, 6.45) is 2.18. The van der Waals surface area contributed by atoms with Crippen LogP contribution in [0.1, 0.15) is 55.6 Å². The topological polar surface area (TPSA) is 17.1 Å². The van der Waals surface area contributed by atoms with E-state index >= 15 is 0 Å². The van der Waals surface area contributed by atoms with Gasteiger partial charge in [-0.3, -0.25) is 4.79 Å². The number of ketones is 1. The van der Waals surface area contributed by atoms with Crippen molar-refractivity contribution in [2.24, 2.45) is 0 Å². The van der Waals surface area contributed by atoms with Crippen LogP contribution in [0, 0.1) is 6.92 Å². The summed E-state index contributed by atoms with van der Waals surface area (Å²) >= 11 is 6.29. The van der Waals surface area contributed by atoms with E-state index in [1.54, 1.807) is 19.1 Å². The number of aryl methyl sites for hydroxylation is 2. The molecule has 0 aliphatic carbocycles. The van der Waals surface area contributed by atoms with Gasteiger partial charge in [-0.1, -0.05) is 57.0 Å². The van der Waals surface area contributed by atoms with Gasteiger partial charge in [-0.25, -0.2) is 0 Å². The number of carbonyl (C=O) groups excluding carboxylic acids is 1. The summed E-state index contributed by atoms with van der Waals surface area (Å²) in [6, 6.07) is 11.8. The van der Waals surface area contributed by atoms with Crippen LogP contribution in [0.2, 0.25) is 5.02 Å². The fourth-order valence-corrected chi connectivity index (χ4v) is 2.57. The van der Waals surface area contributed by atoms with Crippen molar-refractivity contribution in [3.8, 4) is 11.1 Å². The second-order valence-corrected chi connectivity index (χ2v) is 5.55. The first-order chi connectivity index (χ1) is 10.5. The Bertz CT molecular complexity index is 644. The Morgan fingerprint density at radius 2 is 1.77 bits per heavy atom. The molecule has 0 amide bonds. The first-order valence-electron chi connectivity index (χ1n) is 7.93. The van der Waals surface area contributed by atoms with Crippen LogP contribution in [0.3, 0.4) is 0 Å². The third-order valence-electron chi connectivity index (χ3n) is 3.55. The lowest BCUT2D eigenvalue weighted by molar-refractivity contribution is 0.101. The number of Topliss-reactive ketones (excluding diaryl/α,β-unsaturated/α-hetero) is 1. The first kappa shape index (κ1) is 18.4. The van der Waals surface area contributed by atoms with Crippen LogP contribution in [-0.4, -0.2) is 5.78 Å². The third kappa shape index (κ3) is 4.45. The van der Waals surface area contributed by atoms with E-state index in [-0.39, 0.29) is 5.78 Å². The molecular weight excluding hydrogens is 292 g/mol. The summed E-state index contributed by atoms with van der Waals surface area (Å²) in [7, 11) is 0. The van der Waals surface area contributed by atoms with Crippen molar-refractivity contribution in [2.45, 2.75) is 47.5 Å². The highest BCUT2D eigenvalue weighted by molar-refractivity contribution is 6.33. The second-order valence-electron chi connectivity index (χ2n) is 5.14. The lowest BCUT2D eigenvalue weighted by Crippen LogP contribution is -1.94. The molecule has 0 atom stereocenters. The third-order valence-corrected chi connectivity index (χ3v) is 3.88. The Kier molecular flexibility index (Phi) is 7.34. The molecule has 0 fully saturated rings. The van der Waals surface area contributed by atoms with Gasteiger partial charge < -0.3 is 0 Å². The van der Waals surface area contributed by atoms with E-state index in [2.05, 4.69) is 32.0 Å². The monoisotopic (exact) mass is 316 g/mol. The highest BCUT2D eigenvalue weighted by atomic mass is 35.5. The van der Waals surface area contributed by atoms with Gasteiger partial charge >= 0.3 is 0 Å². The summed E-state index contributed by atoms with van der Waals surface area (Å²) < 4.78 is 0. The quantitative estimate of drug-likeness (QED) is 0.588. The van der Waals surface area contributed by atoms with Gasteiger partial charge in [0.05, 0.1) is 0 Å². The minimum absolute atomic E-state index is 0.0591. The summed E-state index contributed by atoms with van der Waals surface area (Å²) in [6.45, 7) is 9.88. The summed E-state index contributed by atoms with van der Waals surface area (Å²) in [4.78, 5) is 11.5. The van der Waals surface area contributed by atoms with Crippen LogP contribution in [0.4, 0.5) is 0 Å². The number of rotatable bonds is 4. The van der Waals surface area contributed by atoms with Crippen LogP contribution < -0.4 is 0 Å². The normalized spacial score (nSPS) is 9.91. The molecule has 0 aromatic heterocycles. The molecule has 0 saturated heterocycles. The molecule has 0 heterocycles. The van der Waals surface area contributed by atoms with Gasteiger partial charge in [-0.2, -0.15) is 0 Å². The molecule has 0 saturated carbocycles. The van der Waals surface area contributed by atoms with Crippen LogP contribution in [0.25, 0.3) is 11.1 Å². The van der Waals surface area contributed by atoms with Crippen molar-refractivity contribution in [1.82, 2.24) is 0 Å². The Hall–Kier alpha value is -1.60. The summed E-state index contributed by atoms with van der Waals surface area (Å²) in [5.41, 5.74) is 5.34. The van der Waals surface area contributed by atoms with Crippen molar-refractivity contribution in [1.29, 1.82) is 0 Å². The van der Waals surface area contributed by atoms with Gasteiger partial charge in [-0.05, 0) is 55.2 Å². The maximum absolute atomic E-state index is 11.5. The Labute approximate surface area is 139 Å². The van der Waals surface area contributed by atoms with Gasteiger partial charge in [-0.15, -0.1) is 0 Å². The van der Waals surface area contributed by atoms with Crippen LogP contribution in [-0.2, 0) is 6.42 Å². The first-order valence-corrected chi connectivity index (χ1v) is 8.31. The molecule has 2 heteroatoms. The zero-order chi connectivity index (χ0) is 16.7. The molecule has 22 heavy (non-hydrogen) atoms. The minimum Gasteiger partial charge on any atom is -0.295 e. The highest BCUT2D eigenvalue weighted by Gasteiger charge is 2.09. The number of carbonyl (C=O) groups is 1. The predicted octanol–water partition coefficient (Wildman–Crippen LogP) is 6.50. The lowest BCUT2D eigenvalue weighted by atomic mass is 9.96. The average molecular weight is 317 g/mol. The van der Waals surface area contributed by atoms with E-state index < -0.39 is 0 Å². The van der Waals surface area contributed by atoms with Gasteiger partial charge in [0.25, 0.3) is 0 Å². The zero-order valence-electron chi connectivity index (χ0n) is 14.2. The van der Waals surface area contributed by atoms with Gasteiger partial charge in [0.2, 0.25) is 0 Å². The fraction of sp³-hybridized carbons (Fsp3) is 0.350. The molecule has 0 aliphatic heterocycles. The Balaban J connectivity index is 0.00000116. The number of hydrogen-bond donors (Lipinski definition) is 0. The highest BCUT2D eigenvalue weighted by Crippen LogP contribution is 2.30. The molecule has 0 aliphatic rings. The molecule has 0 spiro atoms. The van der Waals surface area contributed by atoms with Crippen molar-refractivity contribution in [3.05, 3.63) is 58.1 Å². The Morgan fingerprint density at radius 1 is 1.09 bits per heavy atom. The van der Waals surface area contributed by atoms with Crippen molar-refractivity contribution >= 4 is 17.4 Å². The zero-order valence-corrected chi connectivity index (χ0v) is 14.9. The van der Waals surface area contributed by atoms with Crippen LogP contribution >= 0.6 is 11.6 Å². The average Bonchev–Trinajstić information content (AvgIpc) is 2.52. The number of hydrogen-bond acceptors (Lipinski definition) is 1. The van der Waals surface area contributed by atoms with E-state index in [0.717, 1.165) is 24.0 Å².